The van der Waals surface area contributed by atoms with Gasteiger partial charge in [-0.2, -0.15) is 0 Å². The van der Waals surface area contributed by atoms with Crippen LogP contribution in [0, 0.1) is 0 Å². The second-order valence-corrected chi connectivity index (χ2v) is 1.70. The predicted molar refractivity (Wildman–Crippen MR) is 37.8 cm³/mol. The average molecular weight is 144 g/mol. The van der Waals surface area contributed by atoms with Gasteiger partial charge in [-0.1, -0.05) is 19.6 Å². The van der Waals surface area contributed by atoms with Crippen molar-refractivity contribution in [1.82, 2.24) is 0 Å². The molecule has 0 heterocycles. The highest BCUT2D eigenvalue weighted by atomic mass is 16.7. The first-order valence-electron chi connectivity index (χ1n) is 3.21. The van der Waals surface area contributed by atoms with Crippen LogP contribution in [-0.4, -0.2) is 19.4 Å². The molecule has 0 unspecified atom stereocenters. The lowest BCUT2D eigenvalue weighted by molar-refractivity contribution is 0.0634. The fourth-order valence-corrected chi connectivity index (χ4v) is 0.354. The summed E-state index contributed by atoms with van der Waals surface area (Å²) in [6.45, 7) is 5.92. The van der Waals surface area contributed by atoms with Crippen molar-refractivity contribution in [3.8, 4) is 0 Å². The molecule has 0 fully saturated rings. The molecule has 0 saturated heterocycles. The maximum absolute atomic E-state index is 10.5. The van der Waals surface area contributed by atoms with Crippen LogP contribution in [0.5, 0.6) is 0 Å². The summed E-state index contributed by atoms with van der Waals surface area (Å²) in [5, 5.41) is 0. The smallest absolute Gasteiger partial charge is 0.434 e. The molecule has 3 nitrogen and oxygen atoms in total. The fourth-order valence-electron chi connectivity index (χ4n) is 0.354. The molecule has 0 bridgehead atoms. The molecular weight excluding hydrogens is 132 g/mol. The molecular formula is C7H12O3. The van der Waals surface area contributed by atoms with Crippen molar-refractivity contribution in [2.24, 2.45) is 0 Å². The highest BCUT2D eigenvalue weighted by Crippen LogP contribution is 1.86. The lowest BCUT2D eigenvalue weighted by Gasteiger charge is -2.01. The van der Waals surface area contributed by atoms with E-state index in [1.54, 1.807) is 0 Å². The van der Waals surface area contributed by atoms with Gasteiger partial charge in [0, 0.05) is 0 Å². The third-order valence-corrected chi connectivity index (χ3v) is 0.743. The maximum atomic E-state index is 10.5. The number of hydrogen-bond acceptors (Lipinski definition) is 3. The zero-order chi connectivity index (χ0) is 7.82. The van der Waals surface area contributed by atoms with Crippen LogP contribution in [0.3, 0.4) is 0 Å². The molecule has 0 aromatic rings. The van der Waals surface area contributed by atoms with Crippen LogP contribution in [0.25, 0.3) is 0 Å². The van der Waals surface area contributed by atoms with Crippen LogP contribution in [0.1, 0.15) is 13.3 Å². The van der Waals surface area contributed by atoms with Crippen LogP contribution in [0.15, 0.2) is 12.7 Å². The summed E-state index contributed by atoms with van der Waals surface area (Å²) < 4.78 is 9.10. The van der Waals surface area contributed by atoms with Gasteiger partial charge in [0.05, 0.1) is 6.61 Å². The second kappa shape index (κ2) is 6.13. The minimum absolute atomic E-state index is 0.211. The Balaban J connectivity index is 3.16. The van der Waals surface area contributed by atoms with E-state index >= 15 is 0 Å². The maximum Gasteiger partial charge on any atom is 0.508 e. The Kier molecular flexibility index (Phi) is 5.53. The molecule has 0 aliphatic heterocycles. The monoisotopic (exact) mass is 144 g/mol. The molecule has 0 aromatic carbocycles. The average Bonchev–Trinajstić information content (AvgIpc) is 1.97. The van der Waals surface area contributed by atoms with Crippen molar-refractivity contribution < 1.29 is 14.3 Å². The molecule has 0 saturated carbocycles. The summed E-state index contributed by atoms with van der Waals surface area (Å²) in [7, 11) is 0. The summed E-state index contributed by atoms with van der Waals surface area (Å²) in [6.07, 6.45) is 1.68. The van der Waals surface area contributed by atoms with E-state index in [4.69, 9.17) is 0 Å². The number of carbonyl (C=O) groups excluding carboxylic acids is 1. The van der Waals surface area contributed by atoms with Gasteiger partial charge in [-0.25, -0.2) is 4.79 Å². The highest BCUT2D eigenvalue weighted by Gasteiger charge is 1.98. The Morgan fingerprint density at radius 2 is 2.30 bits per heavy atom. The zero-order valence-corrected chi connectivity index (χ0v) is 6.13. The number of hydrogen-bond donors (Lipinski definition) is 0. The van der Waals surface area contributed by atoms with E-state index in [9.17, 15) is 4.79 Å². The SMILES string of the molecule is C=CCOC(=O)OCCC. The summed E-state index contributed by atoms with van der Waals surface area (Å²) in [6, 6.07) is 0. The first kappa shape index (κ1) is 9.01. The summed E-state index contributed by atoms with van der Waals surface area (Å²) >= 11 is 0. The highest BCUT2D eigenvalue weighted by molar-refractivity contribution is 5.59. The first-order chi connectivity index (χ1) is 4.81. The van der Waals surface area contributed by atoms with Crippen LogP contribution >= 0.6 is 0 Å². The van der Waals surface area contributed by atoms with Crippen LogP contribution < -0.4 is 0 Å². The van der Waals surface area contributed by atoms with Crippen molar-refractivity contribution >= 4 is 6.16 Å². The van der Waals surface area contributed by atoms with Crippen molar-refractivity contribution in [2.45, 2.75) is 13.3 Å². The Labute approximate surface area is 60.6 Å². The summed E-state index contributed by atoms with van der Waals surface area (Å²) in [5.74, 6) is 0. The lowest BCUT2D eigenvalue weighted by atomic mass is 10.5. The van der Waals surface area contributed by atoms with Gasteiger partial charge in [0.2, 0.25) is 0 Å². The fraction of sp³-hybridized carbons (Fsp3) is 0.571. The number of rotatable bonds is 4. The van der Waals surface area contributed by atoms with E-state index in [1.807, 2.05) is 6.92 Å². The molecule has 0 aliphatic carbocycles. The van der Waals surface area contributed by atoms with Crippen LogP contribution in [-0.2, 0) is 9.47 Å². The molecule has 0 radical (unpaired) electrons. The molecule has 0 spiro atoms. The zero-order valence-electron chi connectivity index (χ0n) is 6.13. The van der Waals surface area contributed by atoms with Gasteiger partial charge in [-0.3, -0.25) is 0 Å². The van der Waals surface area contributed by atoms with Crippen LogP contribution in [0.4, 0.5) is 4.79 Å². The third kappa shape index (κ3) is 5.15. The third-order valence-electron chi connectivity index (χ3n) is 0.743. The Morgan fingerprint density at radius 3 is 2.80 bits per heavy atom. The lowest BCUT2D eigenvalue weighted by Crippen LogP contribution is -2.07. The van der Waals surface area contributed by atoms with Gasteiger partial charge in [-0.05, 0) is 6.42 Å². The van der Waals surface area contributed by atoms with E-state index in [0.717, 1.165) is 6.42 Å². The number of carbonyl (C=O) groups is 1. The molecule has 0 rings (SSSR count). The Hall–Kier alpha value is -0.990. The van der Waals surface area contributed by atoms with Gasteiger partial charge >= 0.3 is 6.16 Å². The van der Waals surface area contributed by atoms with Gasteiger partial charge in [0.25, 0.3) is 0 Å². The van der Waals surface area contributed by atoms with Gasteiger partial charge in [0.15, 0.2) is 0 Å². The summed E-state index contributed by atoms with van der Waals surface area (Å²) in [4.78, 5) is 10.5. The minimum Gasteiger partial charge on any atom is -0.434 e. The molecule has 0 aliphatic rings. The van der Waals surface area contributed by atoms with Gasteiger partial charge < -0.3 is 9.47 Å². The predicted octanol–water partition coefficient (Wildman–Crippen LogP) is 1.74. The Morgan fingerprint density at radius 1 is 1.60 bits per heavy atom. The second-order valence-electron chi connectivity index (χ2n) is 1.70. The van der Waals surface area contributed by atoms with Crippen molar-refractivity contribution in [1.29, 1.82) is 0 Å². The van der Waals surface area contributed by atoms with E-state index in [-0.39, 0.29) is 6.61 Å². The quantitative estimate of drug-likeness (QED) is 0.445. The van der Waals surface area contributed by atoms with Crippen molar-refractivity contribution in [3.63, 3.8) is 0 Å². The topological polar surface area (TPSA) is 35.5 Å². The summed E-state index contributed by atoms with van der Waals surface area (Å²) in [5.41, 5.74) is 0. The minimum atomic E-state index is -0.623. The van der Waals surface area contributed by atoms with Gasteiger partial charge in [-0.15, -0.1) is 0 Å². The van der Waals surface area contributed by atoms with E-state index in [0.29, 0.717) is 6.61 Å². The van der Waals surface area contributed by atoms with Gasteiger partial charge in [0.1, 0.15) is 6.61 Å². The molecule has 10 heavy (non-hydrogen) atoms. The standard InChI is InChI=1S/C7H12O3/c1-3-5-9-7(8)10-6-4-2/h3H,1,4-6H2,2H3. The normalized spacial score (nSPS) is 8.50. The van der Waals surface area contributed by atoms with Crippen molar-refractivity contribution in [3.05, 3.63) is 12.7 Å². The number of ether oxygens (including phenoxy) is 2. The molecule has 58 valence electrons. The largest absolute Gasteiger partial charge is 0.508 e. The van der Waals surface area contributed by atoms with Crippen LogP contribution in [0.2, 0.25) is 0 Å². The van der Waals surface area contributed by atoms with E-state index < -0.39 is 6.16 Å². The molecule has 0 aromatic heterocycles. The molecule has 3 heteroatoms. The van der Waals surface area contributed by atoms with Crippen molar-refractivity contribution in [2.75, 3.05) is 13.2 Å². The molecule has 0 N–H and O–H groups in total. The van der Waals surface area contributed by atoms with E-state index in [1.165, 1.54) is 6.08 Å². The van der Waals surface area contributed by atoms with E-state index in [2.05, 4.69) is 16.1 Å². The molecule has 0 atom stereocenters. The Bertz CT molecular complexity index is 109. The molecule has 0 amide bonds. The first-order valence-corrected chi connectivity index (χ1v) is 3.21.